The minimum atomic E-state index is -0.0990. The van der Waals surface area contributed by atoms with E-state index in [4.69, 9.17) is 16.3 Å². The van der Waals surface area contributed by atoms with Gasteiger partial charge in [-0.25, -0.2) is 0 Å². The summed E-state index contributed by atoms with van der Waals surface area (Å²) in [5, 5.41) is 0.254. The van der Waals surface area contributed by atoms with Crippen molar-refractivity contribution in [3.05, 3.63) is 0 Å². The number of unbranched alkanes of at least 4 members (excludes halogenated alkanes) is 5. The molecule has 0 aliphatic heterocycles. The second-order valence-corrected chi connectivity index (χ2v) is 5.23. The average molecular weight is 279 g/mol. The Labute approximate surface area is 116 Å². The standard InChI is InChI=1S/C14H27ClO3/c1-17-12-11-13(15)9-7-5-3-4-6-8-10-14(16)18-2/h13H,3-12H2,1-2H3. The van der Waals surface area contributed by atoms with Gasteiger partial charge in [0, 0.05) is 25.5 Å². The quantitative estimate of drug-likeness (QED) is 0.308. The lowest BCUT2D eigenvalue weighted by Gasteiger charge is -2.08. The molecule has 0 radical (unpaired) electrons. The molecule has 0 aromatic rings. The predicted molar refractivity (Wildman–Crippen MR) is 75.1 cm³/mol. The Bertz CT molecular complexity index is 197. The van der Waals surface area contributed by atoms with Crippen LogP contribution < -0.4 is 0 Å². The maximum atomic E-state index is 10.9. The fourth-order valence-corrected chi connectivity index (χ4v) is 2.08. The third-order valence-corrected chi connectivity index (χ3v) is 3.45. The SMILES string of the molecule is COCCC(Cl)CCCCCCCCC(=O)OC. The number of methoxy groups -OCH3 is 2. The number of carbonyl (C=O) groups excluding carboxylic acids is 1. The molecule has 0 rings (SSSR count). The van der Waals surface area contributed by atoms with Crippen LogP contribution in [0.4, 0.5) is 0 Å². The van der Waals surface area contributed by atoms with Gasteiger partial charge in [-0.2, -0.15) is 0 Å². The molecule has 0 saturated heterocycles. The molecule has 1 atom stereocenters. The van der Waals surface area contributed by atoms with Crippen LogP contribution in [0.3, 0.4) is 0 Å². The van der Waals surface area contributed by atoms with Crippen LogP contribution in [0.1, 0.15) is 57.8 Å². The van der Waals surface area contributed by atoms with Gasteiger partial charge in [0.1, 0.15) is 0 Å². The lowest BCUT2D eigenvalue weighted by atomic mass is 10.1. The largest absolute Gasteiger partial charge is 0.469 e. The first-order chi connectivity index (χ1) is 8.70. The van der Waals surface area contributed by atoms with Crippen molar-refractivity contribution in [2.24, 2.45) is 0 Å². The molecular formula is C14H27ClO3. The van der Waals surface area contributed by atoms with E-state index in [0.717, 1.165) is 32.3 Å². The summed E-state index contributed by atoms with van der Waals surface area (Å²) in [6.07, 6.45) is 9.48. The van der Waals surface area contributed by atoms with Gasteiger partial charge in [-0.1, -0.05) is 32.1 Å². The number of rotatable bonds is 12. The second-order valence-electron chi connectivity index (χ2n) is 4.61. The monoisotopic (exact) mass is 278 g/mol. The molecule has 0 aliphatic rings. The van der Waals surface area contributed by atoms with Gasteiger partial charge in [-0.3, -0.25) is 4.79 Å². The van der Waals surface area contributed by atoms with E-state index in [1.54, 1.807) is 7.11 Å². The molecule has 0 amide bonds. The molecule has 18 heavy (non-hydrogen) atoms. The topological polar surface area (TPSA) is 35.5 Å². The molecule has 3 nitrogen and oxygen atoms in total. The Balaban J connectivity index is 3.13. The smallest absolute Gasteiger partial charge is 0.305 e. The molecule has 0 fully saturated rings. The zero-order chi connectivity index (χ0) is 13.6. The summed E-state index contributed by atoms with van der Waals surface area (Å²) in [5.74, 6) is -0.0990. The first-order valence-corrected chi connectivity index (χ1v) is 7.34. The molecule has 0 heterocycles. The molecule has 0 spiro atoms. The first kappa shape index (κ1) is 17.7. The first-order valence-electron chi connectivity index (χ1n) is 6.90. The highest BCUT2D eigenvalue weighted by Gasteiger charge is 2.03. The van der Waals surface area contributed by atoms with Crippen LogP contribution in [0.15, 0.2) is 0 Å². The van der Waals surface area contributed by atoms with E-state index in [2.05, 4.69) is 4.74 Å². The molecule has 0 aliphatic carbocycles. The lowest BCUT2D eigenvalue weighted by molar-refractivity contribution is -0.140. The summed E-state index contributed by atoms with van der Waals surface area (Å²) in [5.41, 5.74) is 0. The third-order valence-electron chi connectivity index (χ3n) is 3.01. The molecule has 0 saturated carbocycles. The molecule has 0 aromatic carbocycles. The Morgan fingerprint density at radius 2 is 1.61 bits per heavy atom. The van der Waals surface area contributed by atoms with Gasteiger partial charge in [-0.05, 0) is 19.3 Å². The Morgan fingerprint density at radius 1 is 1.00 bits per heavy atom. The normalized spacial score (nSPS) is 12.4. The molecule has 0 aromatic heterocycles. The lowest BCUT2D eigenvalue weighted by Crippen LogP contribution is -2.03. The van der Waals surface area contributed by atoms with Crippen LogP contribution in [0.5, 0.6) is 0 Å². The average Bonchev–Trinajstić information content (AvgIpc) is 2.38. The van der Waals surface area contributed by atoms with Crippen LogP contribution in [-0.2, 0) is 14.3 Å². The molecule has 108 valence electrons. The number of ether oxygens (including phenoxy) is 2. The molecular weight excluding hydrogens is 252 g/mol. The molecule has 0 bridgehead atoms. The van der Waals surface area contributed by atoms with Gasteiger partial charge in [0.05, 0.1) is 7.11 Å². The fourth-order valence-electron chi connectivity index (χ4n) is 1.83. The zero-order valence-electron chi connectivity index (χ0n) is 11.8. The van der Waals surface area contributed by atoms with Crippen molar-refractivity contribution in [1.29, 1.82) is 0 Å². The third kappa shape index (κ3) is 12.2. The van der Waals surface area contributed by atoms with Gasteiger partial charge in [-0.15, -0.1) is 11.6 Å². The molecule has 4 heteroatoms. The summed E-state index contributed by atoms with van der Waals surface area (Å²) in [6, 6.07) is 0. The van der Waals surface area contributed by atoms with Gasteiger partial charge in [0.25, 0.3) is 0 Å². The summed E-state index contributed by atoms with van der Waals surface area (Å²) < 4.78 is 9.58. The minimum absolute atomic E-state index is 0.0990. The van der Waals surface area contributed by atoms with Crippen LogP contribution in [-0.4, -0.2) is 32.2 Å². The van der Waals surface area contributed by atoms with Crippen molar-refractivity contribution < 1.29 is 14.3 Å². The van der Waals surface area contributed by atoms with Gasteiger partial charge < -0.3 is 9.47 Å². The number of carbonyl (C=O) groups is 1. The second kappa shape index (κ2) is 13.2. The van der Waals surface area contributed by atoms with E-state index < -0.39 is 0 Å². The van der Waals surface area contributed by atoms with Crippen LogP contribution in [0.25, 0.3) is 0 Å². The van der Waals surface area contributed by atoms with E-state index in [1.165, 1.54) is 32.8 Å². The van der Waals surface area contributed by atoms with Crippen LogP contribution in [0.2, 0.25) is 0 Å². The van der Waals surface area contributed by atoms with Crippen molar-refractivity contribution in [3.63, 3.8) is 0 Å². The van der Waals surface area contributed by atoms with Gasteiger partial charge in [0.15, 0.2) is 0 Å². The number of esters is 1. The van der Waals surface area contributed by atoms with Crippen molar-refractivity contribution in [2.45, 2.75) is 63.2 Å². The van der Waals surface area contributed by atoms with Crippen LogP contribution in [0, 0.1) is 0 Å². The summed E-state index contributed by atoms with van der Waals surface area (Å²) in [6.45, 7) is 0.752. The highest BCUT2D eigenvalue weighted by Crippen LogP contribution is 2.14. The predicted octanol–water partition coefficient (Wildman–Crippen LogP) is 3.92. The molecule has 0 N–H and O–H groups in total. The van der Waals surface area contributed by atoms with E-state index in [1.807, 2.05) is 0 Å². The summed E-state index contributed by atoms with van der Waals surface area (Å²) >= 11 is 6.14. The van der Waals surface area contributed by atoms with Gasteiger partial charge >= 0.3 is 5.97 Å². The van der Waals surface area contributed by atoms with E-state index in [-0.39, 0.29) is 11.3 Å². The van der Waals surface area contributed by atoms with Gasteiger partial charge in [0.2, 0.25) is 0 Å². The fraction of sp³-hybridized carbons (Fsp3) is 0.929. The Morgan fingerprint density at radius 3 is 2.22 bits per heavy atom. The van der Waals surface area contributed by atoms with E-state index in [9.17, 15) is 4.79 Å². The van der Waals surface area contributed by atoms with Crippen LogP contribution >= 0.6 is 11.6 Å². The summed E-state index contributed by atoms with van der Waals surface area (Å²) in [4.78, 5) is 10.9. The van der Waals surface area contributed by atoms with Crippen molar-refractivity contribution >= 4 is 17.6 Å². The Kier molecular flexibility index (Phi) is 13.0. The van der Waals surface area contributed by atoms with Crippen molar-refractivity contribution in [2.75, 3.05) is 20.8 Å². The minimum Gasteiger partial charge on any atom is -0.469 e. The number of halogens is 1. The molecule has 1 unspecified atom stereocenters. The zero-order valence-corrected chi connectivity index (χ0v) is 12.5. The number of hydrogen-bond acceptors (Lipinski definition) is 3. The van der Waals surface area contributed by atoms with E-state index in [0.29, 0.717) is 6.42 Å². The maximum Gasteiger partial charge on any atom is 0.305 e. The Hall–Kier alpha value is -0.280. The van der Waals surface area contributed by atoms with Crippen molar-refractivity contribution in [1.82, 2.24) is 0 Å². The van der Waals surface area contributed by atoms with E-state index >= 15 is 0 Å². The maximum absolute atomic E-state index is 10.9. The summed E-state index contributed by atoms with van der Waals surface area (Å²) in [7, 11) is 3.15. The number of alkyl halides is 1. The highest BCUT2D eigenvalue weighted by atomic mass is 35.5. The highest BCUT2D eigenvalue weighted by molar-refractivity contribution is 6.20. The van der Waals surface area contributed by atoms with Crippen molar-refractivity contribution in [3.8, 4) is 0 Å². The number of hydrogen-bond donors (Lipinski definition) is 0.